The molecule has 2 aliphatic carbocycles. The van der Waals surface area contributed by atoms with Crippen molar-refractivity contribution in [2.24, 2.45) is 0 Å². The summed E-state index contributed by atoms with van der Waals surface area (Å²) < 4.78 is 38.5. The standard InChI is InChI=1S/C33H35ClF2N2O4/c1-32(41)12-10-20(11-13-32)38-17-33(19-6-4-3-5-7-19)16-22-25(42-33)15-23(35)29(34)27(22)28-21(31(40)37-2)14-18-8-9-24(39)26(18)30(28)36/h3-7,14-15,20,24,38-39,41H,8-13,16-17H2,1-2H3,(H,37,40)/t20?,24-,32?,33-/m1/s1. The van der Waals surface area contributed by atoms with Crippen molar-refractivity contribution in [3.05, 3.63) is 86.9 Å². The van der Waals surface area contributed by atoms with Gasteiger partial charge in [0.25, 0.3) is 5.91 Å². The van der Waals surface area contributed by atoms with Crippen LogP contribution in [0.5, 0.6) is 5.75 Å². The van der Waals surface area contributed by atoms with Gasteiger partial charge in [0.05, 0.1) is 22.3 Å². The maximum atomic E-state index is 16.4. The number of halogens is 3. The predicted octanol–water partition coefficient (Wildman–Crippen LogP) is 5.74. The molecule has 6 rings (SSSR count). The van der Waals surface area contributed by atoms with E-state index in [1.54, 1.807) is 6.07 Å². The van der Waals surface area contributed by atoms with E-state index in [-0.39, 0.29) is 45.5 Å². The third-order valence-electron chi connectivity index (χ3n) is 9.22. The summed E-state index contributed by atoms with van der Waals surface area (Å²) in [5.74, 6) is -1.87. The molecule has 222 valence electrons. The number of aliphatic hydroxyl groups is 2. The van der Waals surface area contributed by atoms with Gasteiger partial charge < -0.3 is 25.6 Å². The smallest absolute Gasteiger partial charge is 0.251 e. The fourth-order valence-corrected chi connectivity index (χ4v) is 7.10. The quantitative estimate of drug-likeness (QED) is 0.291. The Balaban J connectivity index is 1.47. The lowest BCUT2D eigenvalue weighted by molar-refractivity contribution is 0.0104. The molecule has 1 aliphatic heterocycles. The second-order valence-electron chi connectivity index (χ2n) is 12.1. The second kappa shape index (κ2) is 10.9. The Hall–Kier alpha value is -3.04. The van der Waals surface area contributed by atoms with Gasteiger partial charge in [0.2, 0.25) is 0 Å². The minimum Gasteiger partial charge on any atom is -0.480 e. The minimum atomic E-state index is -1.03. The van der Waals surface area contributed by atoms with E-state index in [4.69, 9.17) is 16.3 Å². The molecule has 6 nitrogen and oxygen atoms in total. The number of hydrogen-bond acceptors (Lipinski definition) is 5. The van der Waals surface area contributed by atoms with Crippen LogP contribution in [0, 0.1) is 11.6 Å². The number of nitrogens with one attached hydrogen (secondary N) is 2. The molecule has 0 saturated heterocycles. The molecular formula is C33H35ClF2N2O4. The molecule has 0 unspecified atom stereocenters. The van der Waals surface area contributed by atoms with Crippen molar-refractivity contribution < 1.29 is 28.5 Å². The van der Waals surface area contributed by atoms with Gasteiger partial charge in [-0.2, -0.15) is 0 Å². The van der Waals surface area contributed by atoms with Gasteiger partial charge in [0.15, 0.2) is 5.60 Å². The average Bonchev–Trinajstić information content (AvgIpc) is 3.54. The molecule has 1 fully saturated rings. The van der Waals surface area contributed by atoms with Gasteiger partial charge in [0.1, 0.15) is 17.4 Å². The molecule has 0 radical (unpaired) electrons. The van der Waals surface area contributed by atoms with Gasteiger partial charge in [-0.05, 0) is 62.6 Å². The van der Waals surface area contributed by atoms with E-state index in [1.165, 1.54) is 13.1 Å². The number of benzene rings is 3. The largest absolute Gasteiger partial charge is 0.480 e. The summed E-state index contributed by atoms with van der Waals surface area (Å²) in [5, 5.41) is 26.9. The van der Waals surface area contributed by atoms with Crippen LogP contribution in [0.4, 0.5) is 8.78 Å². The van der Waals surface area contributed by atoms with Crippen LogP contribution in [-0.2, 0) is 18.4 Å². The molecule has 2 atom stereocenters. The number of ether oxygens (including phenoxy) is 1. The van der Waals surface area contributed by atoms with Gasteiger partial charge in [-0.15, -0.1) is 0 Å². The molecular weight excluding hydrogens is 562 g/mol. The Morgan fingerprint density at radius 1 is 1.12 bits per heavy atom. The van der Waals surface area contributed by atoms with Crippen molar-refractivity contribution in [3.63, 3.8) is 0 Å². The monoisotopic (exact) mass is 596 g/mol. The van der Waals surface area contributed by atoms with Crippen molar-refractivity contribution in [2.45, 2.75) is 75.2 Å². The maximum absolute atomic E-state index is 16.4. The summed E-state index contributed by atoms with van der Waals surface area (Å²) in [6, 6.07) is 12.6. The third-order valence-corrected chi connectivity index (χ3v) is 9.59. The van der Waals surface area contributed by atoms with E-state index in [0.717, 1.165) is 18.4 Å². The Bertz CT molecular complexity index is 1540. The number of aliphatic hydroxyl groups excluding tert-OH is 1. The van der Waals surface area contributed by atoms with Gasteiger partial charge in [-0.1, -0.05) is 41.9 Å². The predicted molar refractivity (Wildman–Crippen MR) is 157 cm³/mol. The maximum Gasteiger partial charge on any atom is 0.251 e. The van der Waals surface area contributed by atoms with E-state index in [0.29, 0.717) is 43.4 Å². The van der Waals surface area contributed by atoms with Gasteiger partial charge in [-0.25, -0.2) is 8.78 Å². The number of amides is 1. The fourth-order valence-electron chi connectivity index (χ4n) is 6.84. The van der Waals surface area contributed by atoms with Gasteiger partial charge >= 0.3 is 0 Å². The number of fused-ring (bicyclic) bond motifs is 2. The lowest BCUT2D eigenvalue weighted by Gasteiger charge is -2.36. The van der Waals surface area contributed by atoms with Crippen LogP contribution < -0.4 is 15.4 Å². The number of rotatable bonds is 6. The van der Waals surface area contributed by atoms with Gasteiger partial charge in [0, 0.05) is 54.4 Å². The van der Waals surface area contributed by atoms with Crippen LogP contribution in [0.2, 0.25) is 5.02 Å². The zero-order chi connectivity index (χ0) is 29.8. The second-order valence-corrected chi connectivity index (χ2v) is 12.5. The van der Waals surface area contributed by atoms with Crippen LogP contribution in [-0.4, -0.2) is 41.4 Å². The SMILES string of the molecule is CNC(=O)c1cc2c(c(F)c1-c1c(Cl)c(F)cc3c1C[C@@](CNC1CCC(C)(O)CC1)(c1ccccc1)O3)[C@H](O)CC2. The number of carbonyl (C=O) groups is 1. The molecule has 1 amide bonds. The Kier molecular flexibility index (Phi) is 7.54. The van der Waals surface area contributed by atoms with Crippen molar-refractivity contribution in [3.8, 4) is 16.9 Å². The molecule has 0 aromatic heterocycles. The third kappa shape index (κ3) is 4.98. The van der Waals surface area contributed by atoms with E-state index < -0.39 is 34.8 Å². The molecule has 9 heteroatoms. The molecule has 42 heavy (non-hydrogen) atoms. The van der Waals surface area contributed by atoms with Crippen molar-refractivity contribution in [1.29, 1.82) is 0 Å². The summed E-state index contributed by atoms with van der Waals surface area (Å²) in [4.78, 5) is 13.1. The van der Waals surface area contributed by atoms with Crippen LogP contribution in [0.15, 0.2) is 42.5 Å². The topological polar surface area (TPSA) is 90.8 Å². The first-order chi connectivity index (χ1) is 20.0. The highest BCUT2D eigenvalue weighted by Gasteiger charge is 2.45. The highest BCUT2D eigenvalue weighted by atomic mass is 35.5. The highest BCUT2D eigenvalue weighted by molar-refractivity contribution is 6.34. The summed E-state index contributed by atoms with van der Waals surface area (Å²) in [5.41, 5.74) is 0.351. The molecule has 3 aromatic rings. The molecule has 0 bridgehead atoms. The Morgan fingerprint density at radius 2 is 1.83 bits per heavy atom. The van der Waals surface area contributed by atoms with Crippen LogP contribution in [0.1, 0.15) is 77.7 Å². The highest BCUT2D eigenvalue weighted by Crippen LogP contribution is 2.51. The van der Waals surface area contributed by atoms with E-state index in [1.807, 2.05) is 37.3 Å². The van der Waals surface area contributed by atoms with Crippen LogP contribution >= 0.6 is 11.6 Å². The normalized spacial score (nSPS) is 26.5. The van der Waals surface area contributed by atoms with Crippen molar-refractivity contribution in [2.75, 3.05) is 13.6 Å². The van der Waals surface area contributed by atoms with E-state index in [2.05, 4.69) is 10.6 Å². The number of aryl methyl sites for hydroxylation is 1. The molecule has 1 heterocycles. The zero-order valence-corrected chi connectivity index (χ0v) is 24.5. The number of carbonyl (C=O) groups excluding carboxylic acids is 1. The summed E-state index contributed by atoms with van der Waals surface area (Å²) in [7, 11) is 1.45. The average molecular weight is 597 g/mol. The van der Waals surface area contributed by atoms with Crippen LogP contribution in [0.25, 0.3) is 11.1 Å². The molecule has 3 aliphatic rings. The lowest BCUT2D eigenvalue weighted by Crippen LogP contribution is -2.48. The first-order valence-electron chi connectivity index (χ1n) is 14.5. The first-order valence-corrected chi connectivity index (χ1v) is 14.9. The van der Waals surface area contributed by atoms with Crippen LogP contribution in [0.3, 0.4) is 0 Å². The van der Waals surface area contributed by atoms with Crippen molar-refractivity contribution in [1.82, 2.24) is 10.6 Å². The summed E-state index contributed by atoms with van der Waals surface area (Å²) in [6.45, 7) is 2.24. The number of hydrogen-bond donors (Lipinski definition) is 4. The summed E-state index contributed by atoms with van der Waals surface area (Å²) >= 11 is 6.62. The molecule has 4 N–H and O–H groups in total. The van der Waals surface area contributed by atoms with Crippen molar-refractivity contribution >= 4 is 17.5 Å². The first kappa shape index (κ1) is 29.1. The Labute approximate surface area is 249 Å². The minimum absolute atomic E-state index is 0.0298. The fraction of sp³-hybridized carbons (Fsp3) is 0.424. The Morgan fingerprint density at radius 3 is 2.52 bits per heavy atom. The molecule has 3 aromatic carbocycles. The zero-order valence-electron chi connectivity index (χ0n) is 23.7. The van der Waals surface area contributed by atoms with Gasteiger partial charge in [-0.3, -0.25) is 4.79 Å². The lowest BCUT2D eigenvalue weighted by atomic mass is 9.82. The molecule has 0 spiro atoms. The van der Waals surface area contributed by atoms with E-state index in [9.17, 15) is 15.0 Å². The summed E-state index contributed by atoms with van der Waals surface area (Å²) in [6.07, 6.45) is 2.93. The van der Waals surface area contributed by atoms with E-state index >= 15 is 8.78 Å². The molecule has 1 saturated carbocycles.